The van der Waals surface area contributed by atoms with Crippen LogP contribution in [-0.2, 0) is 16.5 Å². The van der Waals surface area contributed by atoms with E-state index >= 15 is 0 Å². The predicted octanol–water partition coefficient (Wildman–Crippen LogP) is 10.2. The minimum atomic E-state index is -4.50. The van der Waals surface area contributed by atoms with Crippen molar-refractivity contribution in [3.05, 3.63) is 113 Å². The highest BCUT2D eigenvalue weighted by atomic mass is 19.4. The summed E-state index contributed by atoms with van der Waals surface area (Å²) in [5.41, 5.74) is 1.69. The van der Waals surface area contributed by atoms with Gasteiger partial charge in [0.2, 0.25) is 0 Å². The van der Waals surface area contributed by atoms with Gasteiger partial charge in [0.15, 0.2) is 5.60 Å². The molecule has 2 aliphatic heterocycles. The van der Waals surface area contributed by atoms with Gasteiger partial charge >= 0.3 is 12.1 Å². The number of fused-ring (bicyclic) bond motifs is 6. The molecule has 0 unspecified atom stereocenters. The van der Waals surface area contributed by atoms with E-state index in [1.54, 1.807) is 6.07 Å². The van der Waals surface area contributed by atoms with Crippen LogP contribution in [0.4, 0.5) is 30.2 Å². The number of para-hydroxylation sites is 2. The number of hydrogen-bond acceptors (Lipinski definition) is 5. The largest absolute Gasteiger partial charge is 0.456 e. The summed E-state index contributed by atoms with van der Waals surface area (Å²) in [6.07, 6.45) is 1.71. The number of esters is 1. The Morgan fingerprint density at radius 2 is 1.40 bits per heavy atom. The zero-order chi connectivity index (χ0) is 31.6. The molecule has 0 atom stereocenters. The van der Waals surface area contributed by atoms with Crippen molar-refractivity contribution in [2.45, 2.75) is 64.1 Å². The highest BCUT2D eigenvalue weighted by molar-refractivity contribution is 6.05. The third-order valence-electron chi connectivity index (χ3n) is 8.61. The van der Waals surface area contributed by atoms with E-state index in [1.165, 1.54) is 6.07 Å². The maximum absolute atomic E-state index is 14.3. The third-order valence-corrected chi connectivity index (χ3v) is 8.61. The van der Waals surface area contributed by atoms with Gasteiger partial charge in [0.1, 0.15) is 11.5 Å². The average molecular weight is 615 g/mol. The lowest BCUT2D eigenvalue weighted by molar-refractivity contribution is -0.137. The van der Waals surface area contributed by atoms with Gasteiger partial charge in [0.25, 0.3) is 0 Å². The number of benzene rings is 4. The number of nitrogens with one attached hydrogen (secondary N) is 1. The molecule has 2 heterocycles. The zero-order valence-corrected chi connectivity index (χ0v) is 25.5. The van der Waals surface area contributed by atoms with Crippen LogP contribution in [0.2, 0.25) is 0 Å². The van der Waals surface area contributed by atoms with Crippen LogP contribution in [-0.4, -0.2) is 19.1 Å². The second-order valence-electron chi connectivity index (χ2n) is 11.7. The summed E-state index contributed by atoms with van der Waals surface area (Å²) in [5, 5.41) is 3.25. The normalized spacial score (nSPS) is 14.3. The second kappa shape index (κ2) is 12.5. The zero-order valence-electron chi connectivity index (χ0n) is 25.5. The fourth-order valence-electron chi connectivity index (χ4n) is 6.50. The highest BCUT2D eigenvalue weighted by Crippen LogP contribution is 2.59. The molecule has 0 fully saturated rings. The number of alkyl halides is 3. The van der Waals surface area contributed by atoms with Crippen molar-refractivity contribution < 1.29 is 27.4 Å². The van der Waals surface area contributed by atoms with Crippen molar-refractivity contribution in [3.63, 3.8) is 0 Å². The van der Waals surface area contributed by atoms with Crippen LogP contribution in [0, 0.1) is 0 Å². The number of halogens is 3. The Morgan fingerprint density at radius 3 is 2.00 bits per heavy atom. The van der Waals surface area contributed by atoms with Crippen LogP contribution >= 0.6 is 0 Å². The molecule has 6 rings (SSSR count). The minimum Gasteiger partial charge on any atom is -0.456 e. The molecule has 0 bridgehead atoms. The van der Waals surface area contributed by atoms with Gasteiger partial charge in [-0.3, -0.25) is 0 Å². The first-order valence-electron chi connectivity index (χ1n) is 15.7. The van der Waals surface area contributed by atoms with E-state index in [9.17, 15) is 18.0 Å². The fraction of sp³-hybridized carbons (Fsp3) is 0.324. The number of nitrogens with zero attached hydrogens (tertiary/aromatic N) is 1. The Morgan fingerprint density at radius 1 is 0.778 bits per heavy atom. The van der Waals surface area contributed by atoms with Crippen LogP contribution in [0.25, 0.3) is 0 Å². The highest BCUT2D eigenvalue weighted by Gasteiger charge is 2.56. The summed E-state index contributed by atoms with van der Waals surface area (Å²) in [6.45, 7) is 5.88. The summed E-state index contributed by atoms with van der Waals surface area (Å²) >= 11 is 0. The fourth-order valence-corrected chi connectivity index (χ4v) is 6.50. The summed E-state index contributed by atoms with van der Waals surface area (Å²) < 4.78 is 53.9. The van der Waals surface area contributed by atoms with Crippen molar-refractivity contribution in [1.82, 2.24) is 0 Å². The number of rotatable bonds is 11. The molecule has 8 heteroatoms. The van der Waals surface area contributed by atoms with Gasteiger partial charge in [-0.2, -0.15) is 13.2 Å². The molecule has 5 nitrogen and oxygen atoms in total. The van der Waals surface area contributed by atoms with Gasteiger partial charge in [-0.15, -0.1) is 0 Å². The quantitative estimate of drug-likeness (QED) is 0.135. The number of carbonyl (C=O) groups is 1. The average Bonchev–Trinajstić information content (AvgIpc) is 3.34. The molecule has 0 aliphatic carbocycles. The molecule has 0 saturated carbocycles. The Kier molecular flexibility index (Phi) is 8.49. The van der Waals surface area contributed by atoms with Crippen molar-refractivity contribution in [2.24, 2.45) is 0 Å². The van der Waals surface area contributed by atoms with Gasteiger partial charge < -0.3 is 19.7 Å². The molecule has 4 aromatic carbocycles. The summed E-state index contributed by atoms with van der Waals surface area (Å²) in [4.78, 5) is 16.5. The van der Waals surface area contributed by atoms with Gasteiger partial charge in [-0.1, -0.05) is 82.0 Å². The monoisotopic (exact) mass is 614 g/mol. The van der Waals surface area contributed by atoms with E-state index in [1.807, 2.05) is 60.7 Å². The number of hydrogen-bond donors (Lipinski definition) is 1. The first-order chi connectivity index (χ1) is 21.8. The molecular formula is C37H37F3N2O3. The lowest BCUT2D eigenvalue weighted by Crippen LogP contribution is -2.33. The third kappa shape index (κ3) is 5.62. The Hall–Kier alpha value is -4.46. The SMILES string of the molecule is CCCCCN(CCCCC)c1ccc(Nc2cccc(C(F)(F)F)c2)c2c1C(=O)OC21c2ccccc2Oc2ccccc21. The molecule has 2 aliphatic rings. The molecule has 1 N–H and O–H groups in total. The van der Waals surface area contributed by atoms with Gasteiger partial charge in [-0.25, -0.2) is 4.79 Å². The van der Waals surface area contributed by atoms with E-state index in [2.05, 4.69) is 24.1 Å². The van der Waals surface area contributed by atoms with Crippen LogP contribution < -0.4 is 15.0 Å². The molecule has 45 heavy (non-hydrogen) atoms. The molecule has 234 valence electrons. The Balaban J connectivity index is 1.59. The lowest BCUT2D eigenvalue weighted by Gasteiger charge is -2.37. The smallest absolute Gasteiger partial charge is 0.416 e. The summed E-state index contributed by atoms with van der Waals surface area (Å²) in [6, 6.07) is 23.8. The van der Waals surface area contributed by atoms with E-state index in [0.29, 0.717) is 39.4 Å². The topological polar surface area (TPSA) is 50.8 Å². The van der Waals surface area contributed by atoms with Crippen LogP contribution in [0.3, 0.4) is 0 Å². The molecule has 0 radical (unpaired) electrons. The number of anilines is 3. The van der Waals surface area contributed by atoms with Crippen molar-refractivity contribution >= 4 is 23.0 Å². The maximum atomic E-state index is 14.3. The molecule has 0 saturated heterocycles. The number of carbonyl (C=O) groups excluding carboxylic acids is 1. The van der Waals surface area contributed by atoms with Crippen LogP contribution in [0.15, 0.2) is 84.9 Å². The predicted molar refractivity (Wildman–Crippen MR) is 171 cm³/mol. The van der Waals surface area contributed by atoms with Crippen LogP contribution in [0.5, 0.6) is 11.5 Å². The maximum Gasteiger partial charge on any atom is 0.416 e. The van der Waals surface area contributed by atoms with Crippen molar-refractivity contribution in [1.29, 1.82) is 0 Å². The summed E-state index contributed by atoms with van der Waals surface area (Å²) in [7, 11) is 0. The van der Waals surface area contributed by atoms with E-state index in [4.69, 9.17) is 9.47 Å². The lowest BCUT2D eigenvalue weighted by atomic mass is 9.76. The first-order valence-corrected chi connectivity index (χ1v) is 15.7. The Labute approximate surface area is 262 Å². The number of ether oxygens (including phenoxy) is 2. The van der Waals surface area contributed by atoms with Gasteiger partial charge in [-0.05, 0) is 55.3 Å². The standard InChI is InChI=1S/C37H37F3N2O3/c1-3-5-11-22-42(23-12-6-4-2)30-21-20-29(41-26-15-13-14-25(24-26)37(38,39)40)34-33(30)35(43)45-36(34)27-16-7-9-18-31(27)44-32-19-10-8-17-28(32)36/h7-10,13-21,24,41H,3-6,11-12,22-23H2,1-2H3. The first kappa shape index (κ1) is 30.6. The van der Waals surface area contributed by atoms with Crippen molar-refractivity contribution in [3.8, 4) is 11.5 Å². The van der Waals surface area contributed by atoms with Gasteiger partial charge in [0.05, 0.1) is 16.8 Å². The van der Waals surface area contributed by atoms with E-state index < -0.39 is 23.3 Å². The molecule has 0 amide bonds. The summed E-state index contributed by atoms with van der Waals surface area (Å²) in [5.74, 6) is 0.625. The molecular weight excluding hydrogens is 577 g/mol. The minimum absolute atomic E-state index is 0.255. The number of unbranched alkanes of at least 4 members (excludes halogenated alkanes) is 4. The Bertz CT molecular complexity index is 1650. The molecule has 4 aromatic rings. The van der Waals surface area contributed by atoms with E-state index in [0.717, 1.165) is 69.4 Å². The van der Waals surface area contributed by atoms with Crippen molar-refractivity contribution in [2.75, 3.05) is 23.3 Å². The molecule has 0 aromatic heterocycles. The second-order valence-corrected chi connectivity index (χ2v) is 11.7. The molecule has 1 spiro atoms. The van der Waals surface area contributed by atoms with Gasteiger partial charge in [0, 0.05) is 41.2 Å². The van der Waals surface area contributed by atoms with E-state index in [-0.39, 0.29) is 5.69 Å². The van der Waals surface area contributed by atoms with Crippen LogP contribution in [0.1, 0.15) is 85.0 Å².